The molecule has 2 aromatic carbocycles. The van der Waals surface area contributed by atoms with Crippen LogP contribution in [-0.2, 0) is 10.0 Å². The number of hydrogen-bond donors (Lipinski definition) is 1. The Kier molecular flexibility index (Phi) is 5.73. The van der Waals surface area contributed by atoms with E-state index in [2.05, 4.69) is 32.3 Å². The van der Waals surface area contributed by atoms with Crippen LogP contribution in [0.3, 0.4) is 0 Å². The minimum Gasteiger partial charge on any atom is -0.497 e. The van der Waals surface area contributed by atoms with Crippen molar-refractivity contribution in [3.63, 3.8) is 0 Å². The van der Waals surface area contributed by atoms with E-state index in [0.29, 0.717) is 5.69 Å². The predicted molar refractivity (Wildman–Crippen MR) is 131 cm³/mol. The number of halogens is 1. The molecule has 0 amide bonds. The fourth-order valence-electron chi connectivity index (χ4n) is 3.36. The van der Waals surface area contributed by atoms with E-state index in [9.17, 15) is 8.42 Å². The van der Waals surface area contributed by atoms with Gasteiger partial charge in [0.25, 0.3) is 10.0 Å². The van der Waals surface area contributed by atoms with Crippen molar-refractivity contribution < 1.29 is 13.2 Å². The molecule has 0 unspecified atom stereocenters. The molecule has 0 spiro atoms. The van der Waals surface area contributed by atoms with Gasteiger partial charge in [-0.1, -0.05) is 18.2 Å². The van der Waals surface area contributed by atoms with Gasteiger partial charge in [0.1, 0.15) is 10.6 Å². The highest BCUT2D eigenvalue weighted by Crippen LogP contribution is 2.42. The average Bonchev–Trinajstić information content (AvgIpc) is 3.03. The summed E-state index contributed by atoms with van der Waals surface area (Å²) in [6.45, 7) is 3.89. The molecule has 0 saturated heterocycles. The van der Waals surface area contributed by atoms with Crippen LogP contribution in [0, 0.1) is 17.4 Å². The number of rotatable bonds is 5. The average molecular weight is 550 g/mol. The van der Waals surface area contributed by atoms with Gasteiger partial charge >= 0.3 is 0 Å². The van der Waals surface area contributed by atoms with Gasteiger partial charge in [0.2, 0.25) is 0 Å². The van der Waals surface area contributed by atoms with E-state index >= 15 is 0 Å². The quantitative estimate of drug-likeness (QED) is 0.310. The van der Waals surface area contributed by atoms with Gasteiger partial charge in [0.15, 0.2) is 0 Å². The fourth-order valence-corrected chi connectivity index (χ4v) is 6.33. The number of methoxy groups -OCH3 is 1. The Balaban J connectivity index is 1.89. The van der Waals surface area contributed by atoms with E-state index in [1.54, 1.807) is 42.7 Å². The first-order chi connectivity index (χ1) is 14.3. The monoisotopic (exact) mass is 550 g/mol. The Morgan fingerprint density at radius 3 is 2.47 bits per heavy atom. The molecule has 0 bridgehead atoms. The van der Waals surface area contributed by atoms with Crippen molar-refractivity contribution in [2.75, 3.05) is 11.8 Å². The van der Waals surface area contributed by atoms with Crippen LogP contribution in [0.15, 0.2) is 59.5 Å². The Morgan fingerprint density at radius 1 is 1.07 bits per heavy atom. The number of aryl methyl sites for hydroxylation is 2. The summed E-state index contributed by atoms with van der Waals surface area (Å²) < 4.78 is 35.1. The van der Waals surface area contributed by atoms with E-state index in [0.717, 1.165) is 41.2 Å². The molecule has 30 heavy (non-hydrogen) atoms. The van der Waals surface area contributed by atoms with Crippen LogP contribution in [0.25, 0.3) is 21.3 Å². The molecule has 4 rings (SSSR count). The van der Waals surface area contributed by atoms with E-state index < -0.39 is 10.0 Å². The van der Waals surface area contributed by atoms with Gasteiger partial charge in [-0.25, -0.2) is 13.4 Å². The number of aromatic nitrogens is 1. The molecule has 4 aromatic rings. The number of nitrogens with zero attached hydrogens (tertiary/aromatic N) is 1. The zero-order chi connectivity index (χ0) is 21.5. The highest BCUT2D eigenvalue weighted by atomic mass is 127. The summed E-state index contributed by atoms with van der Waals surface area (Å²) in [6.07, 6.45) is 0. The van der Waals surface area contributed by atoms with E-state index in [4.69, 9.17) is 4.74 Å². The zero-order valence-corrected chi connectivity index (χ0v) is 20.4. The van der Waals surface area contributed by atoms with Gasteiger partial charge in [0.05, 0.1) is 17.7 Å². The lowest BCUT2D eigenvalue weighted by Crippen LogP contribution is -2.13. The lowest BCUT2D eigenvalue weighted by Gasteiger charge is -2.12. The normalized spacial score (nSPS) is 11.6. The van der Waals surface area contributed by atoms with Gasteiger partial charge in [-0.2, -0.15) is 0 Å². The lowest BCUT2D eigenvalue weighted by molar-refractivity contribution is 0.415. The van der Waals surface area contributed by atoms with Crippen molar-refractivity contribution in [3.05, 3.63) is 68.7 Å². The number of nitrogens with one attached hydrogen (secondary N) is 1. The maximum atomic E-state index is 13.1. The second-order valence-corrected chi connectivity index (χ2v) is 10.9. The highest BCUT2D eigenvalue weighted by Gasteiger charge is 2.21. The van der Waals surface area contributed by atoms with E-state index in [1.807, 2.05) is 44.2 Å². The molecule has 5 nitrogen and oxygen atoms in total. The standard InChI is InChI=1S/C22H19IN2O3S2/c1-13-11-19(25-30(26,27)18-6-4-5-16(23)12-18)21-20(14(2)29-22(21)24-13)15-7-9-17(28-3)10-8-15/h4-12H,1-3H3,(H,24,25). The highest BCUT2D eigenvalue weighted by molar-refractivity contribution is 14.1. The molecule has 2 aromatic heterocycles. The molecular formula is C22H19IN2O3S2. The summed E-state index contributed by atoms with van der Waals surface area (Å²) in [7, 11) is -2.11. The summed E-state index contributed by atoms with van der Waals surface area (Å²) in [5, 5.41) is 0.808. The summed E-state index contributed by atoms with van der Waals surface area (Å²) in [6, 6.07) is 16.4. The van der Waals surface area contributed by atoms with Crippen molar-refractivity contribution in [2.45, 2.75) is 18.7 Å². The summed E-state index contributed by atoms with van der Waals surface area (Å²) in [4.78, 5) is 6.76. The first kappa shape index (κ1) is 21.1. The summed E-state index contributed by atoms with van der Waals surface area (Å²) >= 11 is 3.67. The maximum Gasteiger partial charge on any atom is 0.261 e. The molecule has 8 heteroatoms. The van der Waals surface area contributed by atoms with Crippen LogP contribution >= 0.6 is 33.9 Å². The zero-order valence-electron chi connectivity index (χ0n) is 16.6. The molecule has 1 N–H and O–H groups in total. The third-order valence-corrected chi connectivity index (χ3v) is 7.73. The fraction of sp³-hybridized carbons (Fsp3) is 0.136. The predicted octanol–water partition coefficient (Wildman–Crippen LogP) is 5.99. The van der Waals surface area contributed by atoms with Gasteiger partial charge in [-0.05, 0) is 78.4 Å². The molecule has 0 aliphatic rings. The molecule has 154 valence electrons. The largest absolute Gasteiger partial charge is 0.497 e. The van der Waals surface area contributed by atoms with Crippen molar-refractivity contribution in [1.82, 2.24) is 4.98 Å². The van der Waals surface area contributed by atoms with Gasteiger partial charge < -0.3 is 4.74 Å². The summed E-state index contributed by atoms with van der Waals surface area (Å²) in [5.74, 6) is 0.768. The number of thiophene rings is 1. The third kappa shape index (κ3) is 4.03. The minimum atomic E-state index is -3.74. The van der Waals surface area contributed by atoms with Crippen molar-refractivity contribution in [2.24, 2.45) is 0 Å². The molecule has 0 saturated carbocycles. The van der Waals surface area contributed by atoms with Crippen LogP contribution in [0.2, 0.25) is 0 Å². The van der Waals surface area contributed by atoms with Gasteiger partial charge in [-0.3, -0.25) is 4.72 Å². The Hall–Kier alpha value is -2.17. The Morgan fingerprint density at radius 2 is 1.80 bits per heavy atom. The smallest absolute Gasteiger partial charge is 0.261 e. The van der Waals surface area contributed by atoms with Crippen molar-refractivity contribution >= 4 is 59.9 Å². The Bertz CT molecular complexity index is 1350. The van der Waals surface area contributed by atoms with E-state index in [1.165, 1.54) is 0 Å². The molecule has 0 atom stereocenters. The van der Waals surface area contributed by atoms with Gasteiger partial charge in [-0.15, -0.1) is 11.3 Å². The number of ether oxygens (including phenoxy) is 1. The Labute approximate surface area is 193 Å². The first-order valence-corrected chi connectivity index (χ1v) is 12.5. The lowest BCUT2D eigenvalue weighted by atomic mass is 10.0. The number of hydrogen-bond acceptors (Lipinski definition) is 5. The number of pyridine rings is 1. The molecule has 0 aliphatic carbocycles. The number of sulfonamides is 1. The molecule has 0 aliphatic heterocycles. The second-order valence-electron chi connectivity index (χ2n) is 6.82. The minimum absolute atomic E-state index is 0.231. The van der Waals surface area contributed by atoms with Crippen LogP contribution in [0.5, 0.6) is 5.75 Å². The van der Waals surface area contributed by atoms with Gasteiger partial charge in [0, 0.05) is 25.1 Å². The molecule has 2 heterocycles. The number of fused-ring (bicyclic) bond motifs is 1. The summed E-state index contributed by atoms with van der Waals surface area (Å²) in [5.41, 5.74) is 3.25. The third-order valence-electron chi connectivity index (χ3n) is 4.70. The molecular weight excluding hydrogens is 531 g/mol. The SMILES string of the molecule is COc1ccc(-c2c(C)sc3nc(C)cc(NS(=O)(=O)c4cccc(I)c4)c23)cc1. The van der Waals surface area contributed by atoms with Crippen LogP contribution in [0.4, 0.5) is 5.69 Å². The van der Waals surface area contributed by atoms with Crippen LogP contribution in [-0.4, -0.2) is 20.5 Å². The maximum absolute atomic E-state index is 13.1. The van der Waals surface area contributed by atoms with E-state index in [-0.39, 0.29) is 4.90 Å². The van der Waals surface area contributed by atoms with Crippen LogP contribution < -0.4 is 9.46 Å². The van der Waals surface area contributed by atoms with Crippen molar-refractivity contribution in [1.29, 1.82) is 0 Å². The van der Waals surface area contributed by atoms with Crippen molar-refractivity contribution in [3.8, 4) is 16.9 Å². The second kappa shape index (κ2) is 8.16. The van der Waals surface area contributed by atoms with Crippen LogP contribution in [0.1, 0.15) is 10.6 Å². The topological polar surface area (TPSA) is 68.3 Å². The number of benzene rings is 2. The number of anilines is 1. The molecule has 0 fully saturated rings. The molecule has 0 radical (unpaired) electrons. The first-order valence-electron chi connectivity index (χ1n) is 9.12.